The highest BCUT2D eigenvalue weighted by molar-refractivity contribution is 5.77. The Balaban J connectivity index is 2.61. The number of ether oxygens (including phenoxy) is 1. The molecule has 0 unspecified atom stereocenters. The first-order chi connectivity index (χ1) is 7.26. The number of aryl methyl sites for hydroxylation is 1. The van der Waals surface area contributed by atoms with Crippen LogP contribution in [0.2, 0.25) is 0 Å². The minimum absolute atomic E-state index is 0.479. The lowest BCUT2D eigenvalue weighted by Gasteiger charge is -1.99. The third-order valence-corrected chi connectivity index (χ3v) is 2.38. The van der Waals surface area contributed by atoms with Crippen LogP contribution in [0, 0.1) is 11.3 Å². The van der Waals surface area contributed by atoms with E-state index >= 15 is 0 Å². The van der Waals surface area contributed by atoms with Crippen LogP contribution in [0.3, 0.4) is 0 Å². The SMILES string of the molecule is COCc1nc2cc(C#N)ccc2n1C. The smallest absolute Gasteiger partial charge is 0.135 e. The molecule has 0 spiro atoms. The van der Waals surface area contributed by atoms with E-state index < -0.39 is 0 Å². The van der Waals surface area contributed by atoms with Crippen LogP contribution < -0.4 is 0 Å². The van der Waals surface area contributed by atoms with Crippen molar-refractivity contribution in [3.63, 3.8) is 0 Å². The van der Waals surface area contributed by atoms with Crippen LogP contribution in [0.25, 0.3) is 11.0 Å². The summed E-state index contributed by atoms with van der Waals surface area (Å²) in [5.41, 5.74) is 2.48. The zero-order valence-electron chi connectivity index (χ0n) is 8.69. The molecule has 1 aromatic carbocycles. The molecule has 0 aliphatic carbocycles. The van der Waals surface area contributed by atoms with Crippen LogP contribution in [0.1, 0.15) is 11.4 Å². The van der Waals surface area contributed by atoms with Gasteiger partial charge in [-0.25, -0.2) is 4.98 Å². The van der Waals surface area contributed by atoms with Gasteiger partial charge in [-0.1, -0.05) is 0 Å². The van der Waals surface area contributed by atoms with Gasteiger partial charge in [0, 0.05) is 14.2 Å². The van der Waals surface area contributed by atoms with Gasteiger partial charge in [-0.15, -0.1) is 0 Å². The molecular weight excluding hydrogens is 190 g/mol. The van der Waals surface area contributed by atoms with E-state index in [0.717, 1.165) is 16.9 Å². The molecular formula is C11H11N3O. The summed E-state index contributed by atoms with van der Waals surface area (Å²) < 4.78 is 7.02. The van der Waals surface area contributed by atoms with E-state index in [1.54, 1.807) is 19.2 Å². The van der Waals surface area contributed by atoms with E-state index in [0.29, 0.717) is 12.2 Å². The van der Waals surface area contributed by atoms with Gasteiger partial charge in [0.1, 0.15) is 12.4 Å². The van der Waals surface area contributed by atoms with E-state index in [2.05, 4.69) is 11.1 Å². The molecule has 76 valence electrons. The molecule has 2 rings (SSSR count). The maximum absolute atomic E-state index is 8.77. The second-order valence-corrected chi connectivity index (χ2v) is 3.34. The Labute approximate surface area is 87.7 Å². The van der Waals surface area contributed by atoms with Gasteiger partial charge in [-0.3, -0.25) is 0 Å². The highest BCUT2D eigenvalue weighted by atomic mass is 16.5. The van der Waals surface area contributed by atoms with Crippen LogP contribution >= 0.6 is 0 Å². The van der Waals surface area contributed by atoms with E-state index in [1.807, 2.05) is 17.7 Å². The quantitative estimate of drug-likeness (QED) is 0.741. The summed E-state index contributed by atoms with van der Waals surface area (Å²) in [7, 11) is 3.58. The molecule has 0 radical (unpaired) electrons. The molecule has 15 heavy (non-hydrogen) atoms. The summed E-state index contributed by atoms with van der Waals surface area (Å²) in [5, 5.41) is 8.77. The molecule has 4 heteroatoms. The van der Waals surface area contributed by atoms with E-state index in [-0.39, 0.29) is 0 Å². The summed E-state index contributed by atoms with van der Waals surface area (Å²) in [5.74, 6) is 0.864. The Kier molecular flexibility index (Phi) is 2.40. The topological polar surface area (TPSA) is 50.8 Å². The van der Waals surface area contributed by atoms with Crippen molar-refractivity contribution in [3.05, 3.63) is 29.6 Å². The number of fused-ring (bicyclic) bond motifs is 1. The Morgan fingerprint density at radius 3 is 3.00 bits per heavy atom. The lowest BCUT2D eigenvalue weighted by atomic mass is 10.2. The molecule has 1 heterocycles. The summed E-state index contributed by atoms with van der Waals surface area (Å²) in [4.78, 5) is 4.40. The Morgan fingerprint density at radius 1 is 1.53 bits per heavy atom. The Bertz CT molecular complexity index is 536. The first-order valence-corrected chi connectivity index (χ1v) is 4.60. The van der Waals surface area contributed by atoms with Crippen LogP contribution in [0.5, 0.6) is 0 Å². The zero-order chi connectivity index (χ0) is 10.8. The predicted molar refractivity (Wildman–Crippen MR) is 56.1 cm³/mol. The number of imidazole rings is 1. The monoisotopic (exact) mass is 201 g/mol. The van der Waals surface area contributed by atoms with E-state index in [4.69, 9.17) is 10.00 Å². The Morgan fingerprint density at radius 2 is 2.33 bits per heavy atom. The van der Waals surface area contributed by atoms with Gasteiger partial charge < -0.3 is 9.30 Å². The third-order valence-electron chi connectivity index (χ3n) is 2.38. The number of nitrogens with zero attached hydrogens (tertiary/aromatic N) is 3. The predicted octanol–water partition coefficient (Wildman–Crippen LogP) is 1.59. The molecule has 0 amide bonds. The summed E-state index contributed by atoms with van der Waals surface area (Å²) in [6.45, 7) is 0.479. The molecule has 0 aliphatic rings. The minimum atomic E-state index is 0.479. The van der Waals surface area contributed by atoms with E-state index in [1.165, 1.54) is 0 Å². The molecule has 0 fully saturated rings. The van der Waals surface area contributed by atoms with Crippen molar-refractivity contribution >= 4 is 11.0 Å². The van der Waals surface area contributed by atoms with Crippen molar-refractivity contribution < 1.29 is 4.74 Å². The lowest BCUT2D eigenvalue weighted by molar-refractivity contribution is 0.176. The number of methoxy groups -OCH3 is 1. The van der Waals surface area contributed by atoms with E-state index in [9.17, 15) is 0 Å². The largest absolute Gasteiger partial charge is 0.377 e. The molecule has 0 aliphatic heterocycles. The molecule has 0 atom stereocenters. The average Bonchev–Trinajstić information content (AvgIpc) is 2.56. The first-order valence-electron chi connectivity index (χ1n) is 4.60. The maximum atomic E-state index is 8.77. The first kappa shape index (κ1) is 9.69. The minimum Gasteiger partial charge on any atom is -0.377 e. The van der Waals surface area contributed by atoms with Gasteiger partial charge >= 0.3 is 0 Å². The third kappa shape index (κ3) is 1.58. The van der Waals surface area contributed by atoms with Crippen molar-refractivity contribution in [2.24, 2.45) is 7.05 Å². The second-order valence-electron chi connectivity index (χ2n) is 3.34. The zero-order valence-corrected chi connectivity index (χ0v) is 8.69. The average molecular weight is 201 g/mol. The Hall–Kier alpha value is -1.86. The second kappa shape index (κ2) is 3.71. The van der Waals surface area contributed by atoms with Gasteiger partial charge in [0.25, 0.3) is 0 Å². The molecule has 0 N–H and O–H groups in total. The number of aromatic nitrogens is 2. The highest BCUT2D eigenvalue weighted by Gasteiger charge is 2.07. The maximum Gasteiger partial charge on any atom is 0.135 e. The molecule has 2 aromatic rings. The van der Waals surface area contributed by atoms with Crippen LogP contribution in [0.4, 0.5) is 0 Å². The van der Waals surface area contributed by atoms with Crippen molar-refractivity contribution in [2.75, 3.05) is 7.11 Å². The van der Waals surface area contributed by atoms with Crippen LogP contribution in [-0.4, -0.2) is 16.7 Å². The molecule has 0 saturated carbocycles. The fraction of sp³-hybridized carbons (Fsp3) is 0.273. The number of hydrogen-bond acceptors (Lipinski definition) is 3. The normalized spacial score (nSPS) is 10.5. The number of hydrogen-bond donors (Lipinski definition) is 0. The van der Waals surface area contributed by atoms with Crippen molar-refractivity contribution in [3.8, 4) is 6.07 Å². The van der Waals surface area contributed by atoms with Crippen molar-refractivity contribution in [1.82, 2.24) is 9.55 Å². The fourth-order valence-electron chi connectivity index (χ4n) is 1.58. The summed E-state index contributed by atoms with van der Waals surface area (Å²) in [6, 6.07) is 7.58. The summed E-state index contributed by atoms with van der Waals surface area (Å²) in [6.07, 6.45) is 0. The summed E-state index contributed by atoms with van der Waals surface area (Å²) >= 11 is 0. The van der Waals surface area contributed by atoms with Gasteiger partial charge in [-0.05, 0) is 18.2 Å². The van der Waals surface area contributed by atoms with Crippen LogP contribution in [0.15, 0.2) is 18.2 Å². The van der Waals surface area contributed by atoms with Gasteiger partial charge in [0.05, 0.1) is 22.7 Å². The van der Waals surface area contributed by atoms with Crippen LogP contribution in [-0.2, 0) is 18.4 Å². The molecule has 0 bridgehead atoms. The number of benzene rings is 1. The van der Waals surface area contributed by atoms with Crippen molar-refractivity contribution in [1.29, 1.82) is 5.26 Å². The lowest BCUT2D eigenvalue weighted by Crippen LogP contribution is -1.98. The van der Waals surface area contributed by atoms with Gasteiger partial charge in [0.15, 0.2) is 0 Å². The number of nitriles is 1. The standard InChI is InChI=1S/C11H11N3O/c1-14-10-4-3-8(6-12)5-9(10)13-11(14)7-15-2/h3-5H,7H2,1-2H3. The van der Waals surface area contributed by atoms with Crippen molar-refractivity contribution in [2.45, 2.75) is 6.61 Å². The van der Waals surface area contributed by atoms with Gasteiger partial charge in [-0.2, -0.15) is 5.26 Å². The highest BCUT2D eigenvalue weighted by Crippen LogP contribution is 2.16. The molecule has 4 nitrogen and oxygen atoms in total. The molecule has 1 aromatic heterocycles. The fourth-order valence-corrected chi connectivity index (χ4v) is 1.58. The van der Waals surface area contributed by atoms with Gasteiger partial charge in [0.2, 0.25) is 0 Å². The molecule has 0 saturated heterocycles. The number of rotatable bonds is 2.